The number of fused-ring (bicyclic) bond motifs is 2. The molecular weight excluding hydrogens is 434 g/mol. The van der Waals surface area contributed by atoms with Crippen LogP contribution in [0.1, 0.15) is 59.8 Å². The molecule has 35 heavy (non-hydrogen) atoms. The minimum atomic E-state index is -0.301. The van der Waals surface area contributed by atoms with Crippen LogP contribution in [0.5, 0.6) is 5.75 Å². The second-order valence-electron chi connectivity index (χ2n) is 10.6. The van der Waals surface area contributed by atoms with E-state index in [0.717, 1.165) is 42.0 Å². The summed E-state index contributed by atoms with van der Waals surface area (Å²) < 4.78 is 5.82. The number of benzene rings is 3. The molecule has 0 atom stereocenters. The number of carbonyl (C=O) groups excluding carboxylic acids is 1. The van der Waals surface area contributed by atoms with Gasteiger partial charge < -0.3 is 20.3 Å². The van der Waals surface area contributed by atoms with Crippen molar-refractivity contribution in [3.05, 3.63) is 82.4 Å². The molecule has 0 saturated carbocycles. The Bertz CT molecular complexity index is 1210. The number of rotatable bonds is 3. The average Bonchev–Trinajstić information content (AvgIpc) is 2.81. The van der Waals surface area contributed by atoms with Gasteiger partial charge in [0.2, 0.25) is 0 Å². The predicted octanol–water partition coefficient (Wildman–Crippen LogP) is 6.55. The van der Waals surface area contributed by atoms with E-state index >= 15 is 0 Å². The van der Waals surface area contributed by atoms with Gasteiger partial charge in [-0.05, 0) is 83.8 Å². The largest absolute Gasteiger partial charge is 0.423 e. The van der Waals surface area contributed by atoms with Crippen molar-refractivity contribution in [2.24, 2.45) is 0 Å². The summed E-state index contributed by atoms with van der Waals surface area (Å²) in [6.45, 7) is 10.1. The number of hydrogen-bond acceptors (Lipinski definition) is 5. The van der Waals surface area contributed by atoms with Crippen LogP contribution in [-0.2, 0) is 18.4 Å². The highest BCUT2D eigenvalue weighted by molar-refractivity contribution is 5.93. The molecule has 0 radical (unpaired) electrons. The highest BCUT2D eigenvalue weighted by Crippen LogP contribution is 2.31. The van der Waals surface area contributed by atoms with E-state index in [9.17, 15) is 4.79 Å². The molecular formula is C30H37N3O2. The molecule has 3 aromatic carbocycles. The fourth-order valence-electron chi connectivity index (χ4n) is 4.50. The van der Waals surface area contributed by atoms with Crippen LogP contribution >= 0.6 is 0 Å². The van der Waals surface area contributed by atoms with E-state index in [2.05, 4.69) is 61.4 Å². The molecule has 0 saturated heterocycles. The number of carbonyl (C=O) groups is 1. The Morgan fingerprint density at radius 2 is 1.66 bits per heavy atom. The number of hydrogen-bond donors (Lipinski definition) is 2. The number of ether oxygens (including phenoxy) is 1. The van der Waals surface area contributed by atoms with Crippen LogP contribution < -0.4 is 20.3 Å². The van der Waals surface area contributed by atoms with Gasteiger partial charge in [-0.25, -0.2) is 4.79 Å². The molecule has 1 heterocycles. The Kier molecular flexibility index (Phi) is 7.06. The topological polar surface area (TPSA) is 53.6 Å². The SMILES string of the molecule is Cc1ccc(C(=O)Oc2ccc(C(C)(C)C)cc2)c2c1CNc1cc(N(C)C)ccc1NCCC2. The van der Waals surface area contributed by atoms with Gasteiger partial charge in [-0.3, -0.25) is 0 Å². The van der Waals surface area contributed by atoms with Crippen LogP contribution in [0.4, 0.5) is 17.1 Å². The molecule has 0 fully saturated rings. The van der Waals surface area contributed by atoms with Gasteiger partial charge in [0.1, 0.15) is 5.75 Å². The molecule has 0 aliphatic carbocycles. The normalized spacial score (nSPS) is 13.5. The fraction of sp³-hybridized carbons (Fsp3) is 0.367. The van der Waals surface area contributed by atoms with Crippen LogP contribution in [0, 0.1) is 6.92 Å². The maximum absolute atomic E-state index is 13.3. The third kappa shape index (κ3) is 5.61. The maximum atomic E-state index is 13.3. The molecule has 4 rings (SSSR count). The summed E-state index contributed by atoms with van der Waals surface area (Å²) in [6.07, 6.45) is 1.73. The summed E-state index contributed by atoms with van der Waals surface area (Å²) in [4.78, 5) is 15.4. The molecule has 0 bridgehead atoms. The highest BCUT2D eigenvalue weighted by atomic mass is 16.5. The Hall–Kier alpha value is -3.47. The second-order valence-corrected chi connectivity index (χ2v) is 10.6. The Morgan fingerprint density at radius 3 is 2.34 bits per heavy atom. The number of anilines is 3. The number of nitrogens with one attached hydrogen (secondary N) is 2. The quantitative estimate of drug-likeness (QED) is 0.335. The molecule has 184 valence electrons. The first kappa shape index (κ1) is 24.6. The molecule has 0 spiro atoms. The molecule has 1 aliphatic rings. The number of nitrogens with zero attached hydrogens (tertiary/aromatic N) is 1. The molecule has 0 unspecified atom stereocenters. The van der Waals surface area contributed by atoms with E-state index in [-0.39, 0.29) is 11.4 Å². The van der Waals surface area contributed by atoms with Gasteiger partial charge in [0.05, 0.1) is 16.9 Å². The molecule has 2 N–H and O–H groups in total. The zero-order valence-corrected chi connectivity index (χ0v) is 21.8. The Morgan fingerprint density at radius 1 is 0.914 bits per heavy atom. The van der Waals surface area contributed by atoms with Crippen molar-refractivity contribution in [3.63, 3.8) is 0 Å². The van der Waals surface area contributed by atoms with Gasteiger partial charge in [-0.15, -0.1) is 0 Å². The maximum Gasteiger partial charge on any atom is 0.343 e. The zero-order valence-electron chi connectivity index (χ0n) is 21.8. The van der Waals surface area contributed by atoms with E-state index < -0.39 is 0 Å². The summed E-state index contributed by atoms with van der Waals surface area (Å²) in [5.41, 5.74) is 8.64. The number of aryl methyl sites for hydroxylation is 1. The highest BCUT2D eigenvalue weighted by Gasteiger charge is 2.20. The van der Waals surface area contributed by atoms with Gasteiger partial charge in [-0.2, -0.15) is 0 Å². The van der Waals surface area contributed by atoms with Crippen molar-refractivity contribution < 1.29 is 9.53 Å². The standard InChI is InChI=1S/C30H37N3O2/c1-20-9-15-25(29(34)35-23-13-10-21(11-14-23)30(2,3)4)24-8-7-17-31-27-16-12-22(33(5)6)18-28(27)32-19-26(20)24/h9-16,18,31-32H,7-8,17,19H2,1-6H3. The first-order chi connectivity index (χ1) is 16.6. The van der Waals surface area contributed by atoms with Crippen LogP contribution in [0.2, 0.25) is 0 Å². The average molecular weight is 472 g/mol. The van der Waals surface area contributed by atoms with Crippen molar-refractivity contribution in [3.8, 4) is 5.75 Å². The molecule has 0 aromatic heterocycles. The summed E-state index contributed by atoms with van der Waals surface area (Å²) in [7, 11) is 4.09. The molecule has 5 nitrogen and oxygen atoms in total. The van der Waals surface area contributed by atoms with Gasteiger partial charge in [0.15, 0.2) is 0 Å². The molecule has 0 amide bonds. The lowest BCUT2D eigenvalue weighted by molar-refractivity contribution is 0.0733. The zero-order chi connectivity index (χ0) is 25.2. The van der Waals surface area contributed by atoms with Crippen molar-refractivity contribution in [1.82, 2.24) is 0 Å². The minimum absolute atomic E-state index is 0.0551. The summed E-state index contributed by atoms with van der Waals surface area (Å²) in [5.74, 6) is 0.271. The lowest BCUT2D eigenvalue weighted by atomic mass is 9.87. The Labute approximate surface area is 209 Å². The first-order valence-electron chi connectivity index (χ1n) is 12.4. The van der Waals surface area contributed by atoms with E-state index in [1.54, 1.807) is 0 Å². The lowest BCUT2D eigenvalue weighted by Gasteiger charge is -2.23. The molecule has 1 aliphatic heterocycles. The Balaban J connectivity index is 1.62. The summed E-state index contributed by atoms with van der Waals surface area (Å²) in [5, 5.41) is 7.17. The van der Waals surface area contributed by atoms with Crippen LogP contribution in [-0.4, -0.2) is 26.6 Å². The van der Waals surface area contributed by atoms with Crippen LogP contribution in [0.25, 0.3) is 0 Å². The predicted molar refractivity (Wildman–Crippen MR) is 146 cm³/mol. The van der Waals surface area contributed by atoms with Crippen LogP contribution in [0.15, 0.2) is 54.6 Å². The van der Waals surface area contributed by atoms with Gasteiger partial charge >= 0.3 is 5.97 Å². The van der Waals surface area contributed by atoms with Crippen molar-refractivity contribution in [2.75, 3.05) is 36.2 Å². The van der Waals surface area contributed by atoms with E-state index in [1.165, 1.54) is 16.7 Å². The fourth-order valence-corrected chi connectivity index (χ4v) is 4.50. The van der Waals surface area contributed by atoms with Gasteiger partial charge in [0, 0.05) is 32.9 Å². The van der Waals surface area contributed by atoms with Crippen molar-refractivity contribution in [1.29, 1.82) is 0 Å². The first-order valence-corrected chi connectivity index (χ1v) is 12.4. The monoisotopic (exact) mass is 471 g/mol. The van der Waals surface area contributed by atoms with Gasteiger partial charge in [-0.1, -0.05) is 39.0 Å². The minimum Gasteiger partial charge on any atom is -0.423 e. The van der Waals surface area contributed by atoms with E-state index in [4.69, 9.17) is 4.74 Å². The molecule has 5 heteroatoms. The van der Waals surface area contributed by atoms with Crippen LogP contribution in [0.3, 0.4) is 0 Å². The number of esters is 1. The van der Waals surface area contributed by atoms with E-state index in [1.807, 2.05) is 50.5 Å². The van der Waals surface area contributed by atoms with Crippen molar-refractivity contribution in [2.45, 2.75) is 52.5 Å². The second kappa shape index (κ2) is 10.0. The lowest BCUT2D eigenvalue weighted by Crippen LogP contribution is -2.18. The third-order valence-electron chi connectivity index (χ3n) is 6.71. The summed E-state index contributed by atoms with van der Waals surface area (Å²) in [6, 6.07) is 18.2. The third-order valence-corrected chi connectivity index (χ3v) is 6.71. The van der Waals surface area contributed by atoms with Crippen molar-refractivity contribution >= 4 is 23.0 Å². The van der Waals surface area contributed by atoms with E-state index in [0.29, 0.717) is 17.9 Å². The van der Waals surface area contributed by atoms with Gasteiger partial charge in [0.25, 0.3) is 0 Å². The smallest absolute Gasteiger partial charge is 0.343 e. The summed E-state index contributed by atoms with van der Waals surface area (Å²) >= 11 is 0. The molecule has 3 aromatic rings.